The second-order valence-corrected chi connectivity index (χ2v) is 11.4. The van der Waals surface area contributed by atoms with Crippen LogP contribution in [0.3, 0.4) is 0 Å². The zero-order valence-electron chi connectivity index (χ0n) is 25.2. The van der Waals surface area contributed by atoms with Gasteiger partial charge in [-0.25, -0.2) is 15.0 Å². The number of aromatic nitrogens is 7. The van der Waals surface area contributed by atoms with Gasteiger partial charge in [-0.15, -0.1) is 0 Å². The number of para-hydroxylation sites is 1. The second-order valence-electron chi connectivity index (χ2n) is 11.4. The Morgan fingerprint density at radius 1 is 1.11 bits per heavy atom. The van der Waals surface area contributed by atoms with Gasteiger partial charge in [0, 0.05) is 73.4 Å². The molecule has 7 rings (SSSR count). The molecule has 230 valence electrons. The van der Waals surface area contributed by atoms with Gasteiger partial charge in [-0.3, -0.25) is 14.3 Å². The van der Waals surface area contributed by atoms with E-state index in [0.29, 0.717) is 48.3 Å². The number of benzene rings is 1. The fourth-order valence-corrected chi connectivity index (χ4v) is 5.34. The average Bonchev–Trinajstić information content (AvgIpc) is 3.49. The van der Waals surface area contributed by atoms with Gasteiger partial charge in [0.15, 0.2) is 11.9 Å². The Labute approximate surface area is 258 Å². The summed E-state index contributed by atoms with van der Waals surface area (Å²) in [6.07, 6.45) is 7.20. The van der Waals surface area contributed by atoms with E-state index in [1.54, 1.807) is 23.1 Å². The van der Waals surface area contributed by atoms with Crippen molar-refractivity contribution in [2.24, 2.45) is 7.05 Å². The Kier molecular flexibility index (Phi) is 7.23. The highest BCUT2D eigenvalue weighted by Gasteiger charge is 2.35. The molecule has 14 heteroatoms. The Balaban J connectivity index is 1.02. The predicted octanol–water partition coefficient (Wildman–Crippen LogP) is 3.70. The number of aryl methyl sites for hydroxylation is 3. The summed E-state index contributed by atoms with van der Waals surface area (Å²) in [5.41, 5.74) is 4.89. The van der Waals surface area contributed by atoms with E-state index in [-0.39, 0.29) is 18.4 Å². The molecule has 14 nitrogen and oxygen atoms in total. The summed E-state index contributed by atoms with van der Waals surface area (Å²) in [5.74, 6) is 1.37. The third kappa shape index (κ3) is 5.98. The van der Waals surface area contributed by atoms with Gasteiger partial charge in [-0.1, -0.05) is 12.1 Å². The highest BCUT2D eigenvalue weighted by atomic mass is 16.5. The lowest BCUT2D eigenvalue weighted by molar-refractivity contribution is -0.136. The number of rotatable bonds is 10. The van der Waals surface area contributed by atoms with Crippen LogP contribution in [0.5, 0.6) is 5.88 Å². The van der Waals surface area contributed by atoms with Crippen LogP contribution in [0.2, 0.25) is 0 Å². The number of ether oxygens (including phenoxy) is 1. The standard InChI is InChI=1S/C31H33N11O3/c1-17-14-34-31(37-24-13-18(2)41(3)40-24)39-27(17)21-15-33-28-20(21)5-4-6-22(28)36-25(43)16-42-12-10-23(29(42)44)45-26-9-11-32-30(38-26)35-19-7-8-19/h4-6,9,11,13-15,19,23,33H,7-8,10,12,16H2,1-3H3,(H,36,43)(H,32,35,38)(H,34,37,39,40). The molecular weight excluding hydrogens is 574 g/mol. The van der Waals surface area contributed by atoms with Crippen molar-refractivity contribution < 1.29 is 14.3 Å². The summed E-state index contributed by atoms with van der Waals surface area (Å²) in [7, 11) is 1.88. The molecule has 1 saturated heterocycles. The maximum atomic E-state index is 13.1. The Hall–Kier alpha value is -5.53. The normalized spacial score (nSPS) is 16.3. The first-order chi connectivity index (χ1) is 21.8. The minimum absolute atomic E-state index is 0.0893. The minimum atomic E-state index is -0.701. The molecule has 1 atom stereocenters. The molecule has 5 heterocycles. The van der Waals surface area contributed by atoms with Crippen molar-refractivity contribution in [2.75, 3.05) is 29.0 Å². The van der Waals surface area contributed by atoms with Gasteiger partial charge < -0.3 is 30.6 Å². The van der Waals surface area contributed by atoms with Gasteiger partial charge in [-0.05, 0) is 38.3 Å². The average molecular weight is 608 g/mol. The Bertz CT molecular complexity index is 1890. The van der Waals surface area contributed by atoms with Crippen LogP contribution in [0.1, 0.15) is 30.5 Å². The van der Waals surface area contributed by atoms with Crippen LogP contribution in [0.4, 0.5) is 23.4 Å². The van der Waals surface area contributed by atoms with Crippen molar-refractivity contribution >= 4 is 46.1 Å². The summed E-state index contributed by atoms with van der Waals surface area (Å²) in [4.78, 5) is 48.8. The van der Waals surface area contributed by atoms with Crippen LogP contribution >= 0.6 is 0 Å². The maximum Gasteiger partial charge on any atom is 0.264 e. The zero-order chi connectivity index (χ0) is 31.1. The zero-order valence-corrected chi connectivity index (χ0v) is 25.2. The number of carbonyl (C=O) groups is 2. The lowest BCUT2D eigenvalue weighted by Gasteiger charge is -2.17. The van der Waals surface area contributed by atoms with E-state index in [1.165, 1.54) is 4.90 Å². The Morgan fingerprint density at radius 3 is 2.78 bits per heavy atom. The summed E-state index contributed by atoms with van der Waals surface area (Å²) in [5, 5.41) is 14.7. The number of carbonyl (C=O) groups excluding carboxylic acids is 2. The van der Waals surface area contributed by atoms with Crippen molar-refractivity contribution in [1.82, 2.24) is 39.6 Å². The number of nitrogens with one attached hydrogen (secondary N) is 4. The van der Waals surface area contributed by atoms with Gasteiger partial charge in [0.25, 0.3) is 5.91 Å². The van der Waals surface area contributed by atoms with Crippen LogP contribution < -0.4 is 20.7 Å². The van der Waals surface area contributed by atoms with E-state index >= 15 is 0 Å². The van der Waals surface area contributed by atoms with E-state index in [0.717, 1.165) is 46.3 Å². The Morgan fingerprint density at radius 2 is 1.98 bits per heavy atom. The lowest BCUT2D eigenvalue weighted by atomic mass is 10.1. The largest absolute Gasteiger partial charge is 0.464 e. The highest BCUT2D eigenvalue weighted by Crippen LogP contribution is 2.33. The minimum Gasteiger partial charge on any atom is -0.464 e. The molecule has 1 aliphatic heterocycles. The SMILES string of the molecule is Cc1cnc(Nc2cc(C)n(C)n2)nc1-c1c[nH]c2c(NC(=O)CN3CCC(Oc4ccnc(NC5CC5)n4)C3=O)cccc12. The van der Waals surface area contributed by atoms with E-state index < -0.39 is 6.10 Å². The van der Waals surface area contributed by atoms with Crippen molar-refractivity contribution in [1.29, 1.82) is 0 Å². The number of amides is 2. The summed E-state index contributed by atoms with van der Waals surface area (Å²) in [6, 6.07) is 9.63. The van der Waals surface area contributed by atoms with Crippen molar-refractivity contribution in [3.05, 3.63) is 60.2 Å². The molecule has 4 aromatic heterocycles. The maximum absolute atomic E-state index is 13.1. The topological polar surface area (TPSA) is 168 Å². The molecule has 1 saturated carbocycles. The number of H-pyrrole nitrogens is 1. The molecule has 45 heavy (non-hydrogen) atoms. The van der Waals surface area contributed by atoms with Crippen LogP contribution in [-0.2, 0) is 16.6 Å². The van der Waals surface area contributed by atoms with Crippen LogP contribution in [-0.4, -0.2) is 76.6 Å². The first-order valence-electron chi connectivity index (χ1n) is 14.9. The van der Waals surface area contributed by atoms with Crippen LogP contribution in [0, 0.1) is 13.8 Å². The van der Waals surface area contributed by atoms with Gasteiger partial charge >= 0.3 is 0 Å². The first kappa shape index (κ1) is 28.3. The van der Waals surface area contributed by atoms with Gasteiger partial charge in [0.05, 0.1) is 23.4 Å². The second kappa shape index (κ2) is 11.5. The number of hydrogen-bond donors (Lipinski definition) is 4. The molecule has 1 aliphatic carbocycles. The number of anilines is 4. The monoisotopic (exact) mass is 607 g/mol. The molecule has 2 aliphatic rings. The van der Waals surface area contributed by atoms with Gasteiger partial charge in [-0.2, -0.15) is 10.1 Å². The molecule has 2 fully saturated rings. The quantitative estimate of drug-likeness (QED) is 0.184. The van der Waals surface area contributed by atoms with E-state index in [4.69, 9.17) is 9.72 Å². The summed E-state index contributed by atoms with van der Waals surface area (Å²) >= 11 is 0. The predicted molar refractivity (Wildman–Crippen MR) is 168 cm³/mol. The molecule has 1 aromatic carbocycles. The fourth-order valence-electron chi connectivity index (χ4n) is 5.34. The molecule has 2 amide bonds. The van der Waals surface area contributed by atoms with Crippen molar-refractivity contribution in [3.63, 3.8) is 0 Å². The molecule has 1 unspecified atom stereocenters. The van der Waals surface area contributed by atoms with Crippen LogP contribution in [0.15, 0.2) is 48.9 Å². The number of aromatic amines is 1. The molecule has 4 N–H and O–H groups in total. The smallest absolute Gasteiger partial charge is 0.264 e. The number of nitrogens with zero attached hydrogens (tertiary/aromatic N) is 7. The summed E-state index contributed by atoms with van der Waals surface area (Å²) in [6.45, 7) is 4.25. The number of hydrogen-bond acceptors (Lipinski definition) is 10. The van der Waals surface area contributed by atoms with Crippen molar-refractivity contribution in [2.45, 2.75) is 45.3 Å². The van der Waals surface area contributed by atoms with E-state index in [9.17, 15) is 9.59 Å². The van der Waals surface area contributed by atoms with Crippen LogP contribution in [0.25, 0.3) is 22.2 Å². The summed E-state index contributed by atoms with van der Waals surface area (Å²) < 4.78 is 7.66. The van der Waals surface area contributed by atoms with E-state index in [1.807, 2.05) is 51.4 Å². The fraction of sp³-hybridized carbons (Fsp3) is 0.323. The molecule has 0 radical (unpaired) electrons. The lowest BCUT2D eigenvalue weighted by Crippen LogP contribution is -2.38. The van der Waals surface area contributed by atoms with Gasteiger partial charge in [0.2, 0.25) is 23.7 Å². The molecule has 0 bridgehead atoms. The van der Waals surface area contributed by atoms with Gasteiger partial charge in [0.1, 0.15) is 0 Å². The third-order valence-electron chi connectivity index (χ3n) is 7.96. The molecule has 0 spiro atoms. The van der Waals surface area contributed by atoms with Crippen molar-refractivity contribution in [3.8, 4) is 17.1 Å². The third-order valence-corrected chi connectivity index (χ3v) is 7.96. The highest BCUT2D eigenvalue weighted by molar-refractivity contribution is 6.06. The number of likely N-dealkylation sites (tertiary alicyclic amines) is 1. The first-order valence-corrected chi connectivity index (χ1v) is 14.9. The van der Waals surface area contributed by atoms with E-state index in [2.05, 4.69) is 41.0 Å². The molecule has 5 aromatic rings. The molecular formula is C31H33N11O3. The number of fused-ring (bicyclic) bond motifs is 1.